The Kier molecular flexibility index (Phi) is 7.16. The Morgan fingerprint density at radius 3 is 2.60 bits per heavy atom. The van der Waals surface area contributed by atoms with E-state index in [1.54, 1.807) is 19.1 Å². The Morgan fingerprint density at radius 1 is 1.17 bits per heavy atom. The van der Waals surface area contributed by atoms with Gasteiger partial charge in [-0.1, -0.05) is 0 Å². The number of rotatable bonds is 8. The predicted molar refractivity (Wildman–Crippen MR) is 102 cm³/mol. The average Bonchev–Trinajstić information content (AvgIpc) is 3.20. The molecular formula is C20H26O10. The molecule has 0 saturated carbocycles. The lowest BCUT2D eigenvalue weighted by molar-refractivity contribution is -0.277. The fourth-order valence-corrected chi connectivity index (χ4v) is 3.37. The third kappa shape index (κ3) is 4.37. The minimum absolute atomic E-state index is 0.0748. The number of esters is 1. The molecule has 1 saturated heterocycles. The van der Waals surface area contributed by atoms with Crippen LogP contribution in [0.3, 0.4) is 0 Å². The molecule has 0 amide bonds. The maximum absolute atomic E-state index is 11.8. The van der Waals surface area contributed by atoms with E-state index in [0.717, 1.165) is 0 Å². The first-order chi connectivity index (χ1) is 14.4. The molecule has 0 unspecified atom stereocenters. The number of fused-ring (bicyclic) bond motifs is 1. The number of furan rings is 1. The van der Waals surface area contributed by atoms with Crippen molar-refractivity contribution in [3.8, 4) is 11.5 Å². The summed E-state index contributed by atoms with van der Waals surface area (Å²) in [5.74, 6) is -0.0237. The highest BCUT2D eigenvalue weighted by molar-refractivity contribution is 5.87. The number of aliphatic hydroxyl groups excluding tert-OH is 4. The molecule has 1 aliphatic heterocycles. The predicted octanol–water partition coefficient (Wildman–Crippen LogP) is 0.116. The maximum Gasteiger partial charge on any atom is 0.306 e. The molecule has 2 aromatic rings. The van der Waals surface area contributed by atoms with Gasteiger partial charge in [-0.05, 0) is 31.0 Å². The number of ether oxygens (including phenoxy) is 4. The van der Waals surface area contributed by atoms with Crippen LogP contribution in [0, 0.1) is 0 Å². The fraction of sp³-hybridized carbons (Fsp3) is 0.550. The highest BCUT2D eigenvalue weighted by atomic mass is 16.7. The molecule has 10 nitrogen and oxygen atoms in total. The summed E-state index contributed by atoms with van der Waals surface area (Å²) in [6, 6.07) is 3.48. The van der Waals surface area contributed by atoms with Gasteiger partial charge in [0.15, 0.2) is 11.3 Å². The molecule has 0 radical (unpaired) electrons. The summed E-state index contributed by atoms with van der Waals surface area (Å²) < 4.78 is 27.2. The van der Waals surface area contributed by atoms with Crippen molar-refractivity contribution in [2.75, 3.05) is 20.3 Å². The second kappa shape index (κ2) is 9.63. The third-order valence-electron chi connectivity index (χ3n) is 4.92. The zero-order chi connectivity index (χ0) is 21.8. The van der Waals surface area contributed by atoms with Crippen LogP contribution in [0.2, 0.25) is 0 Å². The van der Waals surface area contributed by atoms with Crippen molar-refractivity contribution in [1.29, 1.82) is 0 Å². The standard InChI is InChI=1S/C20H26O10/c1-3-27-13(22)5-4-10-8-11-6-7-28-17(11)19(26-2)18(10)30-20-16(25)15(24)14(23)12(9-21)29-20/h6-8,12,14-16,20-21,23-25H,3-5,9H2,1-2H3/t12-,14-,15+,16-,20-/m1/s1. The molecule has 5 atom stereocenters. The Labute approximate surface area is 172 Å². The molecule has 3 rings (SSSR count). The number of carbonyl (C=O) groups is 1. The lowest BCUT2D eigenvalue weighted by Gasteiger charge is -2.39. The Bertz CT molecular complexity index is 861. The smallest absolute Gasteiger partial charge is 0.306 e. The van der Waals surface area contributed by atoms with Crippen molar-refractivity contribution in [2.24, 2.45) is 0 Å². The summed E-state index contributed by atoms with van der Waals surface area (Å²) in [4.78, 5) is 11.8. The van der Waals surface area contributed by atoms with Crippen molar-refractivity contribution in [3.63, 3.8) is 0 Å². The van der Waals surface area contributed by atoms with E-state index in [9.17, 15) is 25.2 Å². The van der Waals surface area contributed by atoms with E-state index in [1.165, 1.54) is 13.4 Å². The van der Waals surface area contributed by atoms with E-state index < -0.39 is 37.3 Å². The van der Waals surface area contributed by atoms with Gasteiger partial charge in [0.2, 0.25) is 12.0 Å². The second-order valence-corrected chi connectivity index (χ2v) is 6.86. The SMILES string of the molecule is CCOC(=O)CCc1cc2ccoc2c(OC)c1O[C@H]1O[C@H](CO)[C@@H](O)[C@H](O)[C@H]1O. The lowest BCUT2D eigenvalue weighted by atomic mass is 9.99. The molecule has 10 heteroatoms. The first-order valence-corrected chi connectivity index (χ1v) is 9.61. The molecule has 1 fully saturated rings. The Hall–Kier alpha value is -2.37. The normalized spacial score (nSPS) is 26.5. The largest absolute Gasteiger partial charge is 0.490 e. The van der Waals surface area contributed by atoms with Gasteiger partial charge in [0.25, 0.3) is 0 Å². The number of benzene rings is 1. The minimum Gasteiger partial charge on any atom is -0.490 e. The summed E-state index contributed by atoms with van der Waals surface area (Å²) >= 11 is 0. The van der Waals surface area contributed by atoms with Crippen LogP contribution in [-0.2, 0) is 20.7 Å². The molecule has 4 N–H and O–H groups in total. The fourth-order valence-electron chi connectivity index (χ4n) is 3.37. The summed E-state index contributed by atoms with van der Waals surface area (Å²) in [6.07, 6.45) is -5.46. The van der Waals surface area contributed by atoms with Crippen molar-refractivity contribution in [2.45, 2.75) is 50.5 Å². The summed E-state index contributed by atoms with van der Waals surface area (Å²) in [7, 11) is 1.41. The number of methoxy groups -OCH3 is 1. The Morgan fingerprint density at radius 2 is 1.93 bits per heavy atom. The third-order valence-corrected chi connectivity index (χ3v) is 4.92. The molecule has 1 aromatic heterocycles. The number of aliphatic hydroxyl groups is 4. The van der Waals surface area contributed by atoms with Crippen LogP contribution in [0.15, 0.2) is 22.8 Å². The van der Waals surface area contributed by atoms with Gasteiger partial charge in [-0.25, -0.2) is 0 Å². The molecule has 2 heterocycles. The molecule has 0 spiro atoms. The highest BCUT2D eigenvalue weighted by Crippen LogP contribution is 2.41. The summed E-state index contributed by atoms with van der Waals surface area (Å²) in [5, 5.41) is 40.4. The van der Waals surface area contributed by atoms with Crippen LogP contribution in [-0.4, -0.2) is 77.4 Å². The van der Waals surface area contributed by atoms with Crippen LogP contribution in [0.5, 0.6) is 11.5 Å². The molecule has 1 aromatic carbocycles. The van der Waals surface area contributed by atoms with Gasteiger partial charge in [-0.3, -0.25) is 4.79 Å². The van der Waals surface area contributed by atoms with E-state index in [1.807, 2.05) is 0 Å². The molecule has 0 bridgehead atoms. The van der Waals surface area contributed by atoms with E-state index in [2.05, 4.69) is 0 Å². The summed E-state index contributed by atoms with van der Waals surface area (Å²) in [6.45, 7) is 1.39. The number of hydrogen-bond acceptors (Lipinski definition) is 10. The van der Waals surface area contributed by atoms with E-state index in [-0.39, 0.29) is 36.9 Å². The van der Waals surface area contributed by atoms with Crippen molar-refractivity contribution >= 4 is 16.9 Å². The van der Waals surface area contributed by atoms with Crippen molar-refractivity contribution < 1.29 is 48.6 Å². The molecule has 1 aliphatic rings. The lowest BCUT2D eigenvalue weighted by Crippen LogP contribution is -2.60. The van der Waals surface area contributed by atoms with Gasteiger partial charge in [-0.15, -0.1) is 0 Å². The summed E-state index contributed by atoms with van der Waals surface area (Å²) in [5.41, 5.74) is 0.947. The van der Waals surface area contributed by atoms with Crippen LogP contribution in [0.1, 0.15) is 18.9 Å². The Balaban J connectivity index is 1.95. The van der Waals surface area contributed by atoms with Crippen LogP contribution in [0.4, 0.5) is 0 Å². The van der Waals surface area contributed by atoms with Gasteiger partial charge in [-0.2, -0.15) is 0 Å². The quantitative estimate of drug-likeness (QED) is 0.429. The van der Waals surface area contributed by atoms with Gasteiger partial charge in [0.05, 0.1) is 26.6 Å². The molecule has 0 aliphatic carbocycles. The van der Waals surface area contributed by atoms with Crippen LogP contribution < -0.4 is 9.47 Å². The van der Waals surface area contributed by atoms with Crippen LogP contribution >= 0.6 is 0 Å². The first-order valence-electron chi connectivity index (χ1n) is 9.61. The maximum atomic E-state index is 11.8. The topological polar surface area (TPSA) is 148 Å². The molecule has 30 heavy (non-hydrogen) atoms. The number of aryl methyl sites for hydroxylation is 1. The zero-order valence-corrected chi connectivity index (χ0v) is 16.7. The second-order valence-electron chi connectivity index (χ2n) is 6.86. The molecular weight excluding hydrogens is 400 g/mol. The first kappa shape index (κ1) is 22.3. The number of carbonyl (C=O) groups excluding carboxylic acids is 1. The van der Waals surface area contributed by atoms with E-state index in [4.69, 9.17) is 23.4 Å². The monoisotopic (exact) mass is 426 g/mol. The van der Waals surface area contributed by atoms with Gasteiger partial charge in [0.1, 0.15) is 24.4 Å². The average molecular weight is 426 g/mol. The molecule has 166 valence electrons. The van der Waals surface area contributed by atoms with Crippen molar-refractivity contribution in [3.05, 3.63) is 24.0 Å². The highest BCUT2D eigenvalue weighted by Gasteiger charge is 2.45. The van der Waals surface area contributed by atoms with Crippen molar-refractivity contribution in [1.82, 2.24) is 0 Å². The zero-order valence-electron chi connectivity index (χ0n) is 16.7. The van der Waals surface area contributed by atoms with Gasteiger partial charge < -0.3 is 43.8 Å². The number of hydrogen-bond donors (Lipinski definition) is 4. The van der Waals surface area contributed by atoms with E-state index in [0.29, 0.717) is 16.5 Å². The van der Waals surface area contributed by atoms with Crippen LogP contribution in [0.25, 0.3) is 11.0 Å². The van der Waals surface area contributed by atoms with Gasteiger partial charge in [0, 0.05) is 11.8 Å². The van der Waals surface area contributed by atoms with E-state index >= 15 is 0 Å². The van der Waals surface area contributed by atoms with Gasteiger partial charge >= 0.3 is 5.97 Å². The minimum atomic E-state index is -1.60.